The van der Waals surface area contributed by atoms with Gasteiger partial charge in [0.05, 0.1) is 11.6 Å². The lowest BCUT2D eigenvalue weighted by Gasteiger charge is -2.26. The summed E-state index contributed by atoms with van der Waals surface area (Å²) in [5.41, 5.74) is 8.41. The van der Waals surface area contributed by atoms with Crippen molar-refractivity contribution < 1.29 is 15.1 Å². The number of nitrogens with zero attached hydrogens (tertiary/aromatic N) is 2. The Morgan fingerprint density at radius 2 is 1.76 bits per heavy atom. The lowest BCUT2D eigenvalue weighted by Crippen LogP contribution is -2.20. The molecule has 2 aromatic carbocycles. The molecule has 34 heavy (non-hydrogen) atoms. The van der Waals surface area contributed by atoms with Crippen LogP contribution in [0.4, 0.5) is 0 Å². The van der Waals surface area contributed by atoms with E-state index in [9.17, 15) is 15.1 Å². The topological polar surface area (TPSA) is 82.8 Å². The van der Waals surface area contributed by atoms with Crippen LogP contribution in [0.25, 0.3) is 11.1 Å². The highest BCUT2D eigenvalue weighted by molar-refractivity contribution is 6.02. The monoisotopic (exact) mass is 456 g/mol. The van der Waals surface area contributed by atoms with Gasteiger partial charge in [-0.25, -0.2) is 0 Å². The Labute approximate surface area is 201 Å². The normalized spacial score (nSPS) is 18.6. The van der Waals surface area contributed by atoms with Gasteiger partial charge < -0.3 is 10.3 Å². The maximum Gasteiger partial charge on any atom is 0.306 e. The maximum atomic E-state index is 11.2. The maximum absolute atomic E-state index is 11.2. The summed E-state index contributed by atoms with van der Waals surface area (Å²) in [4.78, 5) is 15.5. The molecule has 0 radical (unpaired) electrons. The summed E-state index contributed by atoms with van der Waals surface area (Å²) in [5, 5.41) is 22.7. The molecular weight excluding hydrogens is 424 g/mol. The number of aliphatic carboxylic acids is 1. The third-order valence-corrected chi connectivity index (χ3v) is 7.15. The van der Waals surface area contributed by atoms with Gasteiger partial charge in [0.1, 0.15) is 0 Å². The molecule has 3 aromatic rings. The predicted molar refractivity (Wildman–Crippen MR) is 135 cm³/mol. The van der Waals surface area contributed by atoms with Gasteiger partial charge in [-0.3, -0.25) is 9.78 Å². The minimum absolute atomic E-state index is 0.184. The molecule has 0 unspecified atom stereocenters. The van der Waals surface area contributed by atoms with Crippen molar-refractivity contribution >= 4 is 11.7 Å². The average Bonchev–Trinajstić information content (AvgIpc) is 2.85. The third-order valence-electron chi connectivity index (χ3n) is 7.15. The van der Waals surface area contributed by atoms with Gasteiger partial charge in [-0.1, -0.05) is 47.6 Å². The molecule has 5 nitrogen and oxygen atoms in total. The second-order valence-electron chi connectivity index (χ2n) is 9.34. The smallest absolute Gasteiger partial charge is 0.306 e. The summed E-state index contributed by atoms with van der Waals surface area (Å²) < 4.78 is 0. The van der Waals surface area contributed by atoms with E-state index in [0.29, 0.717) is 18.1 Å². The van der Waals surface area contributed by atoms with E-state index in [2.05, 4.69) is 53.5 Å². The summed E-state index contributed by atoms with van der Waals surface area (Å²) in [6.45, 7) is 4.05. The molecule has 1 saturated carbocycles. The van der Waals surface area contributed by atoms with E-state index in [1.807, 2.05) is 31.3 Å². The Hall–Kier alpha value is -3.47. The van der Waals surface area contributed by atoms with Gasteiger partial charge in [0.2, 0.25) is 0 Å². The van der Waals surface area contributed by atoms with Crippen molar-refractivity contribution in [3.8, 4) is 11.1 Å². The van der Waals surface area contributed by atoms with Crippen molar-refractivity contribution in [2.45, 2.75) is 58.3 Å². The molecule has 4 rings (SSSR count). The minimum Gasteiger partial charge on any atom is -0.481 e. The number of benzene rings is 2. The molecule has 176 valence electrons. The highest BCUT2D eigenvalue weighted by Gasteiger charge is 2.26. The molecule has 1 fully saturated rings. The first-order chi connectivity index (χ1) is 16.5. The van der Waals surface area contributed by atoms with Crippen LogP contribution < -0.4 is 0 Å². The Balaban J connectivity index is 1.42. The molecule has 0 bridgehead atoms. The quantitative estimate of drug-likeness (QED) is 0.240. The van der Waals surface area contributed by atoms with E-state index in [0.717, 1.165) is 60.1 Å². The van der Waals surface area contributed by atoms with Crippen molar-refractivity contribution in [1.82, 2.24) is 4.98 Å². The number of carbonyl (C=O) groups is 1. The van der Waals surface area contributed by atoms with Gasteiger partial charge in [-0.2, -0.15) is 0 Å². The highest BCUT2D eigenvalue weighted by atomic mass is 16.4. The van der Waals surface area contributed by atoms with Crippen LogP contribution in [0.2, 0.25) is 0 Å². The van der Waals surface area contributed by atoms with Gasteiger partial charge in [0.25, 0.3) is 0 Å². The van der Waals surface area contributed by atoms with E-state index in [-0.39, 0.29) is 5.92 Å². The highest BCUT2D eigenvalue weighted by Crippen LogP contribution is 2.36. The summed E-state index contributed by atoms with van der Waals surface area (Å²) in [6, 6.07) is 18.8. The lowest BCUT2D eigenvalue weighted by molar-refractivity contribution is -0.142. The van der Waals surface area contributed by atoms with Crippen LogP contribution in [-0.4, -0.2) is 27.0 Å². The first kappa shape index (κ1) is 23.7. The van der Waals surface area contributed by atoms with E-state index < -0.39 is 5.97 Å². The summed E-state index contributed by atoms with van der Waals surface area (Å²) >= 11 is 0. The van der Waals surface area contributed by atoms with Crippen molar-refractivity contribution in [1.29, 1.82) is 0 Å². The number of aryl methyl sites for hydroxylation is 2. The van der Waals surface area contributed by atoms with Crippen LogP contribution in [0.5, 0.6) is 0 Å². The number of rotatable bonds is 7. The van der Waals surface area contributed by atoms with Gasteiger partial charge in [0.15, 0.2) is 0 Å². The van der Waals surface area contributed by atoms with Gasteiger partial charge in [-0.15, -0.1) is 0 Å². The fourth-order valence-electron chi connectivity index (χ4n) is 5.11. The van der Waals surface area contributed by atoms with Crippen LogP contribution in [0, 0.1) is 19.8 Å². The number of carboxylic acid groups (broad SMARTS) is 1. The molecule has 1 heterocycles. The van der Waals surface area contributed by atoms with Crippen LogP contribution in [-0.2, 0) is 11.2 Å². The Kier molecular flexibility index (Phi) is 7.41. The Bertz CT molecular complexity index is 1180. The molecule has 2 N–H and O–H groups in total. The SMILES string of the molecule is Cc1cc(-c2cccc(/C(CCc3ccc(C4CCC(C(=O)O)CC4)cc3)=N\O)c2C)ccn1. The molecule has 0 spiro atoms. The van der Waals surface area contributed by atoms with Crippen molar-refractivity contribution in [2.75, 3.05) is 0 Å². The lowest BCUT2D eigenvalue weighted by atomic mass is 9.78. The van der Waals surface area contributed by atoms with Gasteiger partial charge in [-0.05, 0) is 98.2 Å². The van der Waals surface area contributed by atoms with Crippen LogP contribution >= 0.6 is 0 Å². The van der Waals surface area contributed by atoms with Gasteiger partial charge in [0, 0.05) is 17.5 Å². The molecule has 0 atom stereocenters. The third kappa shape index (κ3) is 5.36. The second kappa shape index (κ2) is 10.6. The summed E-state index contributed by atoms with van der Waals surface area (Å²) in [5.74, 6) is -0.399. The number of carboxylic acids is 1. The van der Waals surface area contributed by atoms with Crippen molar-refractivity contribution in [3.05, 3.63) is 88.7 Å². The van der Waals surface area contributed by atoms with E-state index in [1.165, 1.54) is 11.1 Å². The fraction of sp³-hybridized carbons (Fsp3) is 0.345. The zero-order chi connectivity index (χ0) is 24.1. The zero-order valence-corrected chi connectivity index (χ0v) is 19.9. The van der Waals surface area contributed by atoms with Crippen molar-refractivity contribution in [3.63, 3.8) is 0 Å². The molecule has 0 aliphatic heterocycles. The first-order valence-corrected chi connectivity index (χ1v) is 12.0. The first-order valence-electron chi connectivity index (χ1n) is 12.0. The van der Waals surface area contributed by atoms with Crippen LogP contribution in [0.3, 0.4) is 0 Å². The van der Waals surface area contributed by atoms with Crippen LogP contribution in [0.1, 0.15) is 66.0 Å². The second-order valence-corrected chi connectivity index (χ2v) is 9.34. The molecular formula is C29H32N2O3. The number of pyridine rings is 1. The zero-order valence-electron chi connectivity index (χ0n) is 19.9. The summed E-state index contributed by atoms with van der Waals surface area (Å²) in [7, 11) is 0. The molecule has 5 heteroatoms. The largest absolute Gasteiger partial charge is 0.481 e. The van der Waals surface area contributed by atoms with Crippen molar-refractivity contribution in [2.24, 2.45) is 11.1 Å². The van der Waals surface area contributed by atoms with E-state index in [1.54, 1.807) is 0 Å². The fourth-order valence-corrected chi connectivity index (χ4v) is 5.11. The number of oxime groups is 1. The average molecular weight is 457 g/mol. The molecule has 0 amide bonds. The number of hydrogen-bond acceptors (Lipinski definition) is 4. The van der Waals surface area contributed by atoms with E-state index in [4.69, 9.17) is 0 Å². The number of hydrogen-bond donors (Lipinski definition) is 2. The van der Waals surface area contributed by atoms with E-state index >= 15 is 0 Å². The standard InChI is InChI=1S/C29H32N2O3/c1-19-18-25(16-17-30-19)26-4-3-5-27(20(26)2)28(31-34)15-8-21-6-9-22(10-7-21)23-11-13-24(14-12-23)29(32)33/h3-7,9-10,16-18,23-24,34H,8,11-15H2,1-2H3,(H,32,33)/b31-28-. The molecule has 1 aliphatic carbocycles. The van der Waals surface area contributed by atoms with Gasteiger partial charge >= 0.3 is 5.97 Å². The molecule has 0 saturated heterocycles. The Morgan fingerprint density at radius 3 is 2.41 bits per heavy atom. The molecule has 1 aromatic heterocycles. The molecule has 1 aliphatic rings. The number of aromatic nitrogens is 1. The van der Waals surface area contributed by atoms with Crippen LogP contribution in [0.15, 0.2) is 65.9 Å². The minimum atomic E-state index is -0.660. The Morgan fingerprint density at radius 1 is 1.03 bits per heavy atom. The summed E-state index contributed by atoms with van der Waals surface area (Å²) in [6.07, 6.45) is 6.63. The predicted octanol–water partition coefficient (Wildman–Crippen LogP) is 6.53.